The molecule has 0 radical (unpaired) electrons. The van der Waals surface area contributed by atoms with Gasteiger partial charge in [-0.15, -0.1) is 0 Å². The summed E-state index contributed by atoms with van der Waals surface area (Å²) in [5, 5.41) is 10.6. The van der Waals surface area contributed by atoms with Gasteiger partial charge in [0.2, 0.25) is 0 Å². The van der Waals surface area contributed by atoms with Gasteiger partial charge in [-0.2, -0.15) is 5.10 Å². The van der Waals surface area contributed by atoms with Gasteiger partial charge in [0.1, 0.15) is 5.78 Å². The van der Waals surface area contributed by atoms with Crippen molar-refractivity contribution in [1.29, 1.82) is 0 Å². The number of aliphatic hydroxyl groups excluding tert-OH is 1. The van der Waals surface area contributed by atoms with Crippen molar-refractivity contribution in [3.8, 4) is 0 Å². The molecular formula is C12H30BaN4O3. The van der Waals surface area contributed by atoms with Crippen LogP contribution in [0.15, 0.2) is 5.10 Å². The van der Waals surface area contributed by atoms with Crippen LogP contribution < -0.4 is 17.5 Å². The van der Waals surface area contributed by atoms with Crippen molar-refractivity contribution in [2.24, 2.45) is 22.6 Å². The third kappa shape index (κ3) is 20.7. The molecule has 0 saturated heterocycles. The Kier molecular flexibility index (Phi) is 39.5. The molecule has 8 heteroatoms. The predicted octanol–water partition coefficient (Wildman–Crippen LogP) is 0.568. The molecule has 2 fully saturated rings. The molecule has 0 aromatic carbocycles. The van der Waals surface area contributed by atoms with Crippen molar-refractivity contribution in [3.05, 3.63) is 0 Å². The van der Waals surface area contributed by atoms with Crippen LogP contribution in [-0.4, -0.2) is 70.4 Å². The predicted molar refractivity (Wildman–Crippen MR) is 83.3 cm³/mol. The Labute approximate surface area is 155 Å². The summed E-state index contributed by atoms with van der Waals surface area (Å²) in [5.41, 5.74) is 1.19. The van der Waals surface area contributed by atoms with E-state index >= 15 is 0 Å². The van der Waals surface area contributed by atoms with Crippen LogP contribution >= 0.6 is 0 Å². The number of hydrazine groups is 1. The van der Waals surface area contributed by atoms with Crippen molar-refractivity contribution < 1.29 is 9.94 Å². The third-order valence-corrected chi connectivity index (χ3v) is 2.52. The molecule has 0 amide bonds. The van der Waals surface area contributed by atoms with E-state index < -0.39 is 0 Å². The van der Waals surface area contributed by atoms with E-state index in [1.54, 1.807) is 0 Å². The van der Waals surface area contributed by atoms with Crippen molar-refractivity contribution in [2.45, 2.75) is 58.8 Å². The summed E-state index contributed by atoms with van der Waals surface area (Å²) < 4.78 is 8.44. The minimum atomic E-state index is -0.222. The number of hydrazone groups is 1. The molecule has 0 unspecified atom stereocenters. The number of Topliss-reactive ketones (excluding diaryl/α,β-unsaturated/α-hetero) is 1. The summed E-state index contributed by atoms with van der Waals surface area (Å²) in [6.07, 6.45) is 8.82. The number of hydrogen-bond acceptors (Lipinski definition) is 7. The number of ketones is 1. The average molecular weight is 416 g/mol. The monoisotopic (exact) mass is 416 g/mol. The van der Waals surface area contributed by atoms with Crippen LogP contribution in [0.2, 0.25) is 0 Å². The molecule has 2 rings (SSSR count). The van der Waals surface area contributed by atoms with Crippen molar-refractivity contribution >= 4 is 58.2 Å². The number of hydrogen-bond donors (Lipinski definition) is 4. The first-order valence-corrected chi connectivity index (χ1v) is 7.98. The molecule has 7 nitrogen and oxygen atoms in total. The fraction of sp³-hybridized carbons (Fsp3) is 0.833. The number of nitrogens with two attached hydrogens (primary N) is 3. The van der Waals surface area contributed by atoms with Gasteiger partial charge in [-0.1, -0.05) is 7.43 Å². The van der Waals surface area contributed by atoms with Crippen LogP contribution in [0.3, 0.4) is 0 Å². The number of carbonyl (C=O) groups is 1. The van der Waals surface area contributed by atoms with E-state index in [1.165, 1.54) is 18.6 Å². The first-order chi connectivity index (χ1) is 9.33. The molecule has 0 aromatic heterocycles. The topological polar surface area (TPSA) is 145 Å². The zero-order chi connectivity index (χ0) is 15.5. The van der Waals surface area contributed by atoms with Crippen LogP contribution in [0.4, 0.5) is 0 Å². The number of rotatable bonds is 0. The molecule has 2 aliphatic rings. The summed E-state index contributed by atoms with van der Waals surface area (Å²) >= 11 is -0.222. The van der Waals surface area contributed by atoms with Crippen LogP contribution in [0.1, 0.15) is 58.8 Å². The first-order valence-electron chi connectivity index (χ1n) is 6.17. The molecule has 0 bridgehead atoms. The summed E-state index contributed by atoms with van der Waals surface area (Å²) in [6, 6.07) is 0. The number of aliphatic hydroxyl groups is 1. The van der Waals surface area contributed by atoms with Crippen molar-refractivity contribution in [1.82, 2.24) is 0 Å². The molecule has 20 heavy (non-hydrogen) atoms. The van der Waals surface area contributed by atoms with E-state index in [1.807, 2.05) is 0 Å². The van der Waals surface area contributed by atoms with E-state index in [-0.39, 0.29) is 54.1 Å². The quantitative estimate of drug-likeness (QED) is 0.258. The van der Waals surface area contributed by atoms with Gasteiger partial charge in [-0.3, -0.25) is 16.5 Å². The van der Waals surface area contributed by atoms with Gasteiger partial charge < -0.3 is 10.9 Å². The Morgan fingerprint density at radius 1 is 0.950 bits per heavy atom. The second kappa shape index (κ2) is 27.7. The normalized spacial score (nSPS) is 14.7. The molecular weight excluding hydrogens is 385 g/mol. The standard InChI is InChI=1S/C5H10N2.C5H8O.CH4O.CH4.Ba.H4N2.O/c6-7-5-3-1-2-4-5;6-5-3-1-2-4-5;1-2;;;1-2;/h1-4,6H2;1-4H2;2H,1H3;1H4;;1-2H2;. The summed E-state index contributed by atoms with van der Waals surface area (Å²) in [4.78, 5) is 10.2. The molecule has 2 saturated carbocycles. The summed E-state index contributed by atoms with van der Waals surface area (Å²) in [6.45, 7) is 0. The maximum absolute atomic E-state index is 10.2. The minimum absolute atomic E-state index is 0. The van der Waals surface area contributed by atoms with E-state index in [9.17, 15) is 4.79 Å². The van der Waals surface area contributed by atoms with Crippen LogP contribution in [-0.2, 0) is 4.83 Å². The maximum atomic E-state index is 10.2. The zero-order valence-corrected chi connectivity index (χ0v) is 16.2. The first kappa shape index (κ1) is 28.5. The van der Waals surface area contributed by atoms with Crippen molar-refractivity contribution in [3.63, 3.8) is 0 Å². The van der Waals surface area contributed by atoms with Crippen molar-refractivity contribution in [2.75, 3.05) is 7.11 Å². The second-order valence-corrected chi connectivity index (χ2v) is 3.65. The van der Waals surface area contributed by atoms with E-state index in [2.05, 4.69) is 16.8 Å². The Morgan fingerprint density at radius 3 is 1.40 bits per heavy atom. The van der Waals surface area contributed by atoms with Gasteiger partial charge in [-0.05, 0) is 38.5 Å². The Hall–Kier alpha value is 0.391. The van der Waals surface area contributed by atoms with E-state index in [0.717, 1.165) is 45.6 Å². The van der Waals surface area contributed by atoms with Crippen LogP contribution in [0.25, 0.3) is 0 Å². The Balaban J connectivity index is -0.0000000907. The SMILES string of the molecule is C.CO.NN.NN=C1CCCC1.O=C1CCCC1.[O]=[Ba]. The summed E-state index contributed by atoms with van der Waals surface area (Å²) in [7, 11) is 1.00. The fourth-order valence-corrected chi connectivity index (χ4v) is 1.68. The van der Waals surface area contributed by atoms with E-state index in [0.29, 0.717) is 5.78 Å². The average Bonchev–Trinajstić information content (AvgIpc) is 3.19. The van der Waals surface area contributed by atoms with Gasteiger partial charge in [0.15, 0.2) is 0 Å². The Bertz CT molecular complexity index is 213. The van der Waals surface area contributed by atoms with Gasteiger partial charge in [-0.25, -0.2) is 0 Å². The molecule has 0 spiro atoms. The molecule has 0 aliphatic heterocycles. The molecule has 0 atom stereocenters. The number of carbonyl (C=O) groups excluding carboxylic acids is 1. The number of nitrogens with zero attached hydrogens (tertiary/aromatic N) is 1. The third-order valence-electron chi connectivity index (χ3n) is 2.52. The van der Waals surface area contributed by atoms with E-state index in [4.69, 9.17) is 11.0 Å². The Morgan fingerprint density at radius 2 is 1.25 bits per heavy atom. The molecule has 7 N–H and O–H groups in total. The van der Waals surface area contributed by atoms with Gasteiger partial charge >= 0.3 is 46.8 Å². The molecule has 118 valence electrons. The van der Waals surface area contributed by atoms with Gasteiger partial charge in [0.05, 0.1) is 0 Å². The van der Waals surface area contributed by atoms with Gasteiger partial charge in [0.25, 0.3) is 0 Å². The zero-order valence-electron chi connectivity index (χ0n) is 11.8. The molecule has 0 heterocycles. The second-order valence-electron chi connectivity index (χ2n) is 3.65. The fourth-order valence-electron chi connectivity index (χ4n) is 1.68. The molecule has 2 aliphatic carbocycles. The van der Waals surface area contributed by atoms with Crippen LogP contribution in [0, 0.1) is 0 Å². The summed E-state index contributed by atoms with van der Waals surface area (Å²) in [5.74, 6) is 13.5. The molecule has 0 aromatic rings. The van der Waals surface area contributed by atoms with Gasteiger partial charge in [0, 0.05) is 25.7 Å². The van der Waals surface area contributed by atoms with Crippen LogP contribution in [0.5, 0.6) is 0 Å².